The molecule has 4 rings (SSSR count). The van der Waals surface area contributed by atoms with Crippen LogP contribution in [0.5, 0.6) is 0 Å². The number of amides is 3. The molecule has 0 spiro atoms. The molecule has 2 aliphatic rings. The fourth-order valence-corrected chi connectivity index (χ4v) is 4.42. The summed E-state index contributed by atoms with van der Waals surface area (Å²) in [5.74, 6) is -0.0695. The summed E-state index contributed by atoms with van der Waals surface area (Å²) in [7, 11) is 0. The van der Waals surface area contributed by atoms with Crippen molar-refractivity contribution in [3.8, 4) is 0 Å². The second kappa shape index (κ2) is 8.26. The Kier molecular flexibility index (Phi) is 5.53. The summed E-state index contributed by atoms with van der Waals surface area (Å²) in [5.41, 5.74) is 1.65. The number of rotatable bonds is 7. The Morgan fingerprint density at radius 3 is 2.83 bits per heavy atom. The number of nitrogens with zero attached hydrogens (tertiary/aromatic N) is 3. The molecule has 1 aromatic heterocycles. The van der Waals surface area contributed by atoms with Crippen LogP contribution < -0.4 is 10.2 Å². The van der Waals surface area contributed by atoms with Gasteiger partial charge in [-0.3, -0.25) is 24.3 Å². The average Bonchev–Trinajstić information content (AvgIpc) is 3.06. The number of para-hydroxylation sites is 1. The molecule has 30 heavy (non-hydrogen) atoms. The molecule has 0 radical (unpaired) electrons. The quantitative estimate of drug-likeness (QED) is 0.766. The third-order valence-corrected chi connectivity index (χ3v) is 5.99. The molecule has 1 N–H and O–H groups in total. The van der Waals surface area contributed by atoms with Gasteiger partial charge in [0.25, 0.3) is 5.91 Å². The van der Waals surface area contributed by atoms with E-state index in [1.807, 2.05) is 37.3 Å². The van der Waals surface area contributed by atoms with Gasteiger partial charge in [-0.25, -0.2) is 0 Å². The highest BCUT2D eigenvalue weighted by atomic mass is 16.2. The van der Waals surface area contributed by atoms with Crippen molar-refractivity contribution in [2.24, 2.45) is 0 Å². The zero-order chi connectivity index (χ0) is 21.1. The standard InChI is InChI=1S/C23H26N4O3/c1-23-12-10-21(29)27(23)19-8-3-2-7-18(19)22(30)26(23)15-5-9-20(28)25-14-11-17-6-4-13-24-16-17/h2-4,6-8,13,16H,5,9-12,14-15H2,1H3,(H,25,28). The van der Waals surface area contributed by atoms with Crippen LogP contribution in [0.15, 0.2) is 48.8 Å². The molecule has 2 aliphatic heterocycles. The molecule has 156 valence electrons. The van der Waals surface area contributed by atoms with Gasteiger partial charge in [-0.05, 0) is 49.9 Å². The Bertz CT molecular complexity index is 962. The van der Waals surface area contributed by atoms with Gasteiger partial charge in [-0.2, -0.15) is 0 Å². The minimum absolute atomic E-state index is 0.0340. The number of fused-ring (bicyclic) bond motifs is 3. The van der Waals surface area contributed by atoms with Crippen LogP contribution in [0.2, 0.25) is 0 Å². The molecule has 0 aliphatic carbocycles. The molecule has 0 bridgehead atoms. The van der Waals surface area contributed by atoms with Crippen molar-refractivity contribution in [3.63, 3.8) is 0 Å². The first-order chi connectivity index (χ1) is 14.5. The van der Waals surface area contributed by atoms with E-state index in [-0.39, 0.29) is 17.7 Å². The molecule has 3 amide bonds. The topological polar surface area (TPSA) is 82.6 Å². The molecule has 1 saturated heterocycles. The van der Waals surface area contributed by atoms with E-state index in [1.165, 1.54) is 0 Å². The lowest BCUT2D eigenvalue weighted by Gasteiger charge is -2.48. The van der Waals surface area contributed by atoms with Crippen molar-refractivity contribution in [1.29, 1.82) is 0 Å². The maximum absolute atomic E-state index is 13.2. The fourth-order valence-electron chi connectivity index (χ4n) is 4.42. The summed E-state index contributed by atoms with van der Waals surface area (Å²) in [6.45, 7) is 2.93. The zero-order valence-electron chi connectivity index (χ0n) is 17.1. The maximum atomic E-state index is 13.2. The monoisotopic (exact) mass is 406 g/mol. The molecular formula is C23H26N4O3. The van der Waals surface area contributed by atoms with Gasteiger partial charge in [0, 0.05) is 38.3 Å². The number of hydrogen-bond acceptors (Lipinski definition) is 4. The van der Waals surface area contributed by atoms with E-state index in [2.05, 4.69) is 10.3 Å². The second-order valence-corrected chi connectivity index (χ2v) is 7.98. The third-order valence-electron chi connectivity index (χ3n) is 5.99. The third kappa shape index (κ3) is 3.67. The lowest BCUT2D eigenvalue weighted by atomic mass is 9.98. The van der Waals surface area contributed by atoms with E-state index in [1.54, 1.807) is 28.3 Å². The number of aromatic nitrogens is 1. The van der Waals surface area contributed by atoms with Crippen LogP contribution >= 0.6 is 0 Å². The second-order valence-electron chi connectivity index (χ2n) is 7.98. The maximum Gasteiger partial charge on any atom is 0.257 e. The van der Waals surface area contributed by atoms with Crippen LogP contribution in [0, 0.1) is 0 Å². The van der Waals surface area contributed by atoms with Crippen molar-refractivity contribution in [2.45, 2.75) is 44.7 Å². The molecule has 1 fully saturated rings. The molecule has 0 saturated carbocycles. The van der Waals surface area contributed by atoms with Crippen LogP contribution in [0.25, 0.3) is 0 Å². The lowest BCUT2D eigenvalue weighted by Crippen LogP contribution is -2.62. The van der Waals surface area contributed by atoms with Gasteiger partial charge in [0.05, 0.1) is 11.3 Å². The predicted molar refractivity (Wildman–Crippen MR) is 113 cm³/mol. The van der Waals surface area contributed by atoms with Gasteiger partial charge in [-0.1, -0.05) is 18.2 Å². The first-order valence-corrected chi connectivity index (χ1v) is 10.4. The Morgan fingerprint density at radius 1 is 1.20 bits per heavy atom. The first-order valence-electron chi connectivity index (χ1n) is 10.4. The van der Waals surface area contributed by atoms with Crippen molar-refractivity contribution >= 4 is 23.4 Å². The summed E-state index contributed by atoms with van der Waals surface area (Å²) in [4.78, 5) is 45.5. The molecule has 7 heteroatoms. The van der Waals surface area contributed by atoms with Crippen LogP contribution in [0.3, 0.4) is 0 Å². The van der Waals surface area contributed by atoms with Crippen LogP contribution in [0.1, 0.15) is 48.5 Å². The van der Waals surface area contributed by atoms with Crippen molar-refractivity contribution in [3.05, 3.63) is 59.9 Å². The summed E-state index contributed by atoms with van der Waals surface area (Å²) in [6, 6.07) is 11.1. The predicted octanol–water partition coefficient (Wildman–Crippen LogP) is 2.52. The van der Waals surface area contributed by atoms with Crippen LogP contribution in [-0.2, 0) is 16.0 Å². The minimum atomic E-state index is -0.667. The van der Waals surface area contributed by atoms with Gasteiger partial charge in [0.15, 0.2) is 0 Å². The zero-order valence-corrected chi connectivity index (χ0v) is 17.1. The number of nitrogens with one attached hydrogen (secondary N) is 1. The van der Waals surface area contributed by atoms with Crippen LogP contribution in [-0.4, -0.2) is 46.4 Å². The summed E-state index contributed by atoms with van der Waals surface area (Å²) in [5, 5.41) is 2.92. The number of carbonyl (C=O) groups is 3. The summed E-state index contributed by atoms with van der Waals surface area (Å²) >= 11 is 0. The molecule has 1 unspecified atom stereocenters. The molecule has 7 nitrogen and oxygen atoms in total. The normalized spacial score (nSPS) is 20.2. The van der Waals surface area contributed by atoms with E-state index in [0.717, 1.165) is 12.0 Å². The summed E-state index contributed by atoms with van der Waals surface area (Å²) < 4.78 is 0. The number of carbonyl (C=O) groups excluding carboxylic acids is 3. The highest BCUT2D eigenvalue weighted by molar-refractivity contribution is 6.10. The lowest BCUT2D eigenvalue weighted by molar-refractivity contribution is -0.121. The average molecular weight is 406 g/mol. The first kappa shape index (κ1) is 20.1. The Labute approximate surface area is 176 Å². The van der Waals surface area contributed by atoms with E-state index >= 15 is 0 Å². The van der Waals surface area contributed by atoms with Gasteiger partial charge >= 0.3 is 0 Å². The highest BCUT2D eigenvalue weighted by Crippen LogP contribution is 2.43. The molecule has 1 aromatic carbocycles. The van der Waals surface area contributed by atoms with Crippen LogP contribution in [0.4, 0.5) is 5.69 Å². The van der Waals surface area contributed by atoms with Crippen molar-refractivity contribution in [2.75, 3.05) is 18.0 Å². The number of pyridine rings is 1. The number of benzene rings is 1. The highest BCUT2D eigenvalue weighted by Gasteiger charge is 2.52. The minimum Gasteiger partial charge on any atom is -0.356 e. The number of hydrogen-bond donors (Lipinski definition) is 1. The smallest absolute Gasteiger partial charge is 0.257 e. The van der Waals surface area contributed by atoms with Gasteiger partial charge in [0.2, 0.25) is 11.8 Å². The molecular weight excluding hydrogens is 380 g/mol. The Balaban J connectivity index is 1.35. The fraction of sp³-hybridized carbons (Fsp3) is 0.391. The largest absolute Gasteiger partial charge is 0.356 e. The SMILES string of the molecule is CC12CCC(=O)N1c1ccccc1C(=O)N2CCCC(=O)NCCc1cccnc1. The Hall–Kier alpha value is -3.22. The van der Waals surface area contributed by atoms with Crippen molar-refractivity contribution in [1.82, 2.24) is 15.2 Å². The van der Waals surface area contributed by atoms with E-state index in [9.17, 15) is 14.4 Å². The molecule has 1 atom stereocenters. The van der Waals surface area contributed by atoms with Gasteiger partial charge in [0.1, 0.15) is 5.66 Å². The van der Waals surface area contributed by atoms with E-state index < -0.39 is 5.66 Å². The molecule has 2 aromatic rings. The van der Waals surface area contributed by atoms with Gasteiger partial charge < -0.3 is 10.2 Å². The molecule has 3 heterocycles. The van der Waals surface area contributed by atoms with E-state index in [4.69, 9.17) is 0 Å². The van der Waals surface area contributed by atoms with Gasteiger partial charge in [-0.15, -0.1) is 0 Å². The van der Waals surface area contributed by atoms with Crippen molar-refractivity contribution < 1.29 is 14.4 Å². The summed E-state index contributed by atoms with van der Waals surface area (Å²) in [6.07, 6.45) is 6.15. The number of anilines is 1. The Morgan fingerprint density at radius 2 is 2.03 bits per heavy atom. The van der Waals surface area contributed by atoms with E-state index in [0.29, 0.717) is 50.0 Å².